The molecule has 0 aliphatic carbocycles. The van der Waals surface area contributed by atoms with Crippen molar-refractivity contribution in [1.29, 1.82) is 0 Å². The van der Waals surface area contributed by atoms with Crippen LogP contribution in [-0.4, -0.2) is 23.3 Å². The van der Waals surface area contributed by atoms with Gasteiger partial charge < -0.3 is 16.4 Å². The summed E-state index contributed by atoms with van der Waals surface area (Å²) in [5.41, 5.74) is 8.69. The Morgan fingerprint density at radius 1 is 1.50 bits per heavy atom. The number of rotatable bonds is 5. The van der Waals surface area contributed by atoms with Gasteiger partial charge in [0.1, 0.15) is 5.69 Å². The number of nitrogens with zero attached hydrogens (tertiary/aromatic N) is 1. The van der Waals surface area contributed by atoms with Crippen LogP contribution in [0.4, 0.5) is 5.69 Å². The molecule has 6 nitrogen and oxygen atoms in total. The molecule has 3 rings (SSSR count). The van der Waals surface area contributed by atoms with Gasteiger partial charge in [-0.25, -0.2) is 4.98 Å². The molecule has 1 aromatic carbocycles. The lowest BCUT2D eigenvalue weighted by Gasteiger charge is -2.14. The van der Waals surface area contributed by atoms with Crippen LogP contribution in [0.2, 0.25) is 0 Å². The zero-order valence-electron chi connectivity index (χ0n) is 13.2. The van der Waals surface area contributed by atoms with Gasteiger partial charge in [0.2, 0.25) is 5.91 Å². The van der Waals surface area contributed by atoms with E-state index in [9.17, 15) is 9.59 Å². The molecule has 2 amide bonds. The number of thiazole rings is 1. The molecule has 1 aliphatic heterocycles. The fourth-order valence-corrected chi connectivity index (χ4v) is 3.32. The van der Waals surface area contributed by atoms with Crippen molar-refractivity contribution in [1.82, 2.24) is 10.3 Å². The zero-order valence-corrected chi connectivity index (χ0v) is 14.8. The van der Waals surface area contributed by atoms with Crippen LogP contribution >= 0.6 is 23.7 Å². The van der Waals surface area contributed by atoms with Crippen LogP contribution in [0.3, 0.4) is 0 Å². The van der Waals surface area contributed by atoms with Gasteiger partial charge in [0.15, 0.2) is 0 Å². The molecule has 1 aromatic heterocycles. The van der Waals surface area contributed by atoms with E-state index in [1.807, 2.05) is 25.1 Å². The Hall–Kier alpha value is -1.96. The molecule has 2 aromatic rings. The first-order chi connectivity index (χ1) is 11.1. The minimum atomic E-state index is -0.202. The van der Waals surface area contributed by atoms with Crippen molar-refractivity contribution >= 4 is 41.2 Å². The highest BCUT2D eigenvalue weighted by molar-refractivity contribution is 7.09. The van der Waals surface area contributed by atoms with Crippen LogP contribution in [0.5, 0.6) is 0 Å². The summed E-state index contributed by atoms with van der Waals surface area (Å²) in [5.74, 6) is -0.199. The highest BCUT2D eigenvalue weighted by atomic mass is 35.5. The Kier molecular flexibility index (Phi) is 5.93. The summed E-state index contributed by atoms with van der Waals surface area (Å²) >= 11 is 1.44. The Morgan fingerprint density at radius 2 is 2.29 bits per heavy atom. The average molecular weight is 367 g/mol. The third-order valence-corrected chi connectivity index (χ3v) is 4.65. The number of halogens is 1. The molecular weight excluding hydrogens is 348 g/mol. The number of aromatic nitrogens is 1. The predicted octanol–water partition coefficient (Wildman–Crippen LogP) is 2.05. The normalized spacial score (nSPS) is 13.7. The Labute approximate surface area is 150 Å². The smallest absolute Gasteiger partial charge is 0.271 e. The third-order valence-electron chi connectivity index (χ3n) is 3.74. The van der Waals surface area contributed by atoms with E-state index in [1.165, 1.54) is 11.3 Å². The van der Waals surface area contributed by atoms with E-state index in [0.717, 1.165) is 21.8 Å². The number of carbonyl (C=O) groups is 2. The third kappa shape index (κ3) is 3.92. The number of nitrogens with one attached hydrogen (secondary N) is 2. The molecule has 0 fully saturated rings. The van der Waals surface area contributed by atoms with E-state index >= 15 is 0 Å². The first-order valence-electron chi connectivity index (χ1n) is 7.45. The second kappa shape index (κ2) is 7.74. The summed E-state index contributed by atoms with van der Waals surface area (Å²) in [5, 5.41) is 8.35. The fraction of sp³-hybridized carbons (Fsp3) is 0.312. The number of carbonyl (C=O) groups excluding carboxylic acids is 2. The quantitative estimate of drug-likeness (QED) is 0.754. The molecular formula is C16H19ClN4O2S. The molecule has 1 aliphatic rings. The van der Waals surface area contributed by atoms with Crippen molar-refractivity contribution in [2.24, 2.45) is 5.73 Å². The van der Waals surface area contributed by atoms with Crippen LogP contribution in [0, 0.1) is 0 Å². The minimum absolute atomic E-state index is 0. The van der Waals surface area contributed by atoms with Crippen molar-refractivity contribution in [2.45, 2.75) is 25.8 Å². The number of anilines is 1. The SMILES string of the molecule is CC(NC(=O)c1csc(CCN)n1)c1ccc2c(c1)CC(=O)N2.Cl. The average Bonchev–Trinajstić information content (AvgIpc) is 3.12. The number of nitrogens with two attached hydrogens (primary N) is 1. The van der Waals surface area contributed by atoms with Gasteiger partial charge in [-0.15, -0.1) is 23.7 Å². The summed E-state index contributed by atoms with van der Waals surface area (Å²) in [7, 11) is 0. The van der Waals surface area contributed by atoms with Gasteiger partial charge in [0.25, 0.3) is 5.91 Å². The molecule has 2 heterocycles. The zero-order chi connectivity index (χ0) is 16.4. The number of fused-ring (bicyclic) bond motifs is 1. The first-order valence-corrected chi connectivity index (χ1v) is 8.33. The largest absolute Gasteiger partial charge is 0.344 e. The van der Waals surface area contributed by atoms with E-state index in [4.69, 9.17) is 5.73 Å². The van der Waals surface area contributed by atoms with E-state index in [0.29, 0.717) is 25.1 Å². The van der Waals surface area contributed by atoms with Crippen molar-refractivity contribution in [3.63, 3.8) is 0 Å². The van der Waals surface area contributed by atoms with Gasteiger partial charge >= 0.3 is 0 Å². The van der Waals surface area contributed by atoms with Crippen molar-refractivity contribution in [3.05, 3.63) is 45.4 Å². The molecule has 0 bridgehead atoms. The Morgan fingerprint density at radius 3 is 3.04 bits per heavy atom. The van der Waals surface area contributed by atoms with Gasteiger partial charge in [-0.3, -0.25) is 9.59 Å². The van der Waals surface area contributed by atoms with Crippen LogP contribution in [0.25, 0.3) is 0 Å². The summed E-state index contributed by atoms with van der Waals surface area (Å²) in [6.45, 7) is 2.43. The monoisotopic (exact) mass is 366 g/mol. The fourth-order valence-electron chi connectivity index (χ4n) is 2.53. The van der Waals surface area contributed by atoms with Crippen LogP contribution in [0.1, 0.15) is 39.6 Å². The lowest BCUT2D eigenvalue weighted by molar-refractivity contribution is -0.115. The molecule has 24 heavy (non-hydrogen) atoms. The molecule has 0 spiro atoms. The Balaban J connectivity index is 0.00000208. The lowest BCUT2D eigenvalue weighted by Crippen LogP contribution is -2.27. The first kappa shape index (κ1) is 18.4. The van der Waals surface area contributed by atoms with E-state index in [-0.39, 0.29) is 30.3 Å². The van der Waals surface area contributed by atoms with E-state index in [1.54, 1.807) is 5.38 Å². The van der Waals surface area contributed by atoms with Crippen molar-refractivity contribution in [2.75, 3.05) is 11.9 Å². The number of benzene rings is 1. The van der Waals surface area contributed by atoms with Crippen molar-refractivity contribution < 1.29 is 9.59 Å². The van der Waals surface area contributed by atoms with E-state index < -0.39 is 0 Å². The Bertz CT molecular complexity index is 762. The maximum absolute atomic E-state index is 12.3. The lowest BCUT2D eigenvalue weighted by atomic mass is 10.0. The summed E-state index contributed by atoms with van der Waals surface area (Å²) in [6.07, 6.45) is 1.07. The second-order valence-corrected chi connectivity index (χ2v) is 6.44. The molecule has 0 saturated heterocycles. The van der Waals surface area contributed by atoms with Crippen LogP contribution in [0.15, 0.2) is 23.6 Å². The second-order valence-electron chi connectivity index (χ2n) is 5.50. The maximum atomic E-state index is 12.3. The van der Waals surface area contributed by atoms with Crippen molar-refractivity contribution in [3.8, 4) is 0 Å². The molecule has 128 valence electrons. The van der Waals surface area contributed by atoms with Crippen LogP contribution < -0.4 is 16.4 Å². The van der Waals surface area contributed by atoms with Gasteiger partial charge in [-0.1, -0.05) is 12.1 Å². The number of hydrogen-bond donors (Lipinski definition) is 3. The van der Waals surface area contributed by atoms with Gasteiger partial charge in [-0.05, 0) is 30.7 Å². The molecule has 0 saturated carbocycles. The molecule has 8 heteroatoms. The van der Waals surface area contributed by atoms with Crippen LogP contribution in [-0.2, 0) is 17.6 Å². The molecule has 0 radical (unpaired) electrons. The standard InChI is InChI=1S/C16H18N4O2S.ClH/c1-9(10-2-3-12-11(6-10)7-14(21)19-12)18-16(22)13-8-23-15(20-13)4-5-17;/h2-3,6,8-9H,4-5,7,17H2,1H3,(H,18,22)(H,19,21);1H. The summed E-state index contributed by atoms with van der Waals surface area (Å²) < 4.78 is 0. The van der Waals surface area contributed by atoms with Gasteiger partial charge in [0, 0.05) is 17.5 Å². The number of hydrogen-bond acceptors (Lipinski definition) is 5. The van der Waals surface area contributed by atoms with Gasteiger partial charge in [0.05, 0.1) is 17.5 Å². The summed E-state index contributed by atoms with van der Waals surface area (Å²) in [4.78, 5) is 28.0. The number of amides is 2. The topological polar surface area (TPSA) is 97.1 Å². The van der Waals surface area contributed by atoms with Gasteiger partial charge in [-0.2, -0.15) is 0 Å². The highest BCUT2D eigenvalue weighted by Gasteiger charge is 2.20. The summed E-state index contributed by atoms with van der Waals surface area (Å²) in [6, 6.07) is 5.58. The highest BCUT2D eigenvalue weighted by Crippen LogP contribution is 2.26. The molecule has 4 N–H and O–H groups in total. The maximum Gasteiger partial charge on any atom is 0.271 e. The minimum Gasteiger partial charge on any atom is -0.344 e. The molecule has 1 unspecified atom stereocenters. The predicted molar refractivity (Wildman–Crippen MR) is 96.8 cm³/mol. The molecule has 1 atom stereocenters. The van der Waals surface area contributed by atoms with E-state index in [2.05, 4.69) is 15.6 Å².